The van der Waals surface area contributed by atoms with E-state index < -0.39 is 11.9 Å². The molecule has 4 heteroatoms. The molecule has 0 aliphatic heterocycles. The van der Waals surface area contributed by atoms with Crippen molar-refractivity contribution in [1.29, 1.82) is 0 Å². The molecule has 0 aromatic rings. The molecule has 1 aliphatic carbocycles. The lowest BCUT2D eigenvalue weighted by molar-refractivity contribution is -0.142. The van der Waals surface area contributed by atoms with Gasteiger partial charge in [0.25, 0.3) is 0 Å². The SMILES string of the molecule is O=C(O)C[C@H]1CCCCC[C@H]1CC(=O)O. The van der Waals surface area contributed by atoms with E-state index >= 15 is 0 Å². The zero-order chi connectivity index (χ0) is 11.3. The molecule has 4 nitrogen and oxygen atoms in total. The Morgan fingerprint density at radius 1 is 0.867 bits per heavy atom. The van der Waals surface area contributed by atoms with E-state index in [1.807, 2.05) is 0 Å². The van der Waals surface area contributed by atoms with E-state index in [0.717, 1.165) is 32.1 Å². The summed E-state index contributed by atoms with van der Waals surface area (Å²) in [6, 6.07) is 0. The number of hydrogen-bond donors (Lipinski definition) is 2. The van der Waals surface area contributed by atoms with Crippen LogP contribution in [0.1, 0.15) is 44.9 Å². The predicted molar refractivity (Wildman–Crippen MR) is 54.6 cm³/mol. The summed E-state index contributed by atoms with van der Waals surface area (Å²) in [5, 5.41) is 17.5. The van der Waals surface area contributed by atoms with E-state index in [1.54, 1.807) is 0 Å². The Morgan fingerprint density at radius 3 is 1.60 bits per heavy atom. The van der Waals surface area contributed by atoms with Crippen LogP contribution < -0.4 is 0 Å². The van der Waals surface area contributed by atoms with Crippen LogP contribution >= 0.6 is 0 Å². The van der Waals surface area contributed by atoms with Gasteiger partial charge in [0.2, 0.25) is 0 Å². The fourth-order valence-corrected chi connectivity index (χ4v) is 2.45. The maximum atomic E-state index is 10.7. The molecule has 0 bridgehead atoms. The molecule has 0 saturated heterocycles. The fourth-order valence-electron chi connectivity index (χ4n) is 2.45. The second kappa shape index (κ2) is 5.73. The molecule has 1 fully saturated rings. The van der Waals surface area contributed by atoms with Gasteiger partial charge < -0.3 is 10.2 Å². The van der Waals surface area contributed by atoms with Gasteiger partial charge in [-0.15, -0.1) is 0 Å². The van der Waals surface area contributed by atoms with Gasteiger partial charge in [-0.1, -0.05) is 19.3 Å². The van der Waals surface area contributed by atoms with Crippen LogP contribution in [0.5, 0.6) is 0 Å². The minimum Gasteiger partial charge on any atom is -0.481 e. The molecule has 0 unspecified atom stereocenters. The molecule has 2 atom stereocenters. The van der Waals surface area contributed by atoms with Gasteiger partial charge in [-0.05, 0) is 24.7 Å². The normalized spacial score (nSPS) is 26.9. The van der Waals surface area contributed by atoms with Crippen molar-refractivity contribution in [2.75, 3.05) is 0 Å². The van der Waals surface area contributed by atoms with E-state index in [4.69, 9.17) is 10.2 Å². The number of aliphatic carboxylic acids is 2. The van der Waals surface area contributed by atoms with Crippen molar-refractivity contribution >= 4 is 11.9 Å². The average Bonchev–Trinajstić information content (AvgIpc) is 2.30. The van der Waals surface area contributed by atoms with Crippen molar-refractivity contribution in [3.63, 3.8) is 0 Å². The van der Waals surface area contributed by atoms with Crippen LogP contribution in [-0.2, 0) is 9.59 Å². The third-order valence-corrected chi connectivity index (χ3v) is 3.19. The first-order chi connectivity index (χ1) is 7.09. The molecule has 1 rings (SSSR count). The van der Waals surface area contributed by atoms with E-state index in [0.29, 0.717) is 0 Å². The highest BCUT2D eigenvalue weighted by atomic mass is 16.4. The zero-order valence-corrected chi connectivity index (χ0v) is 8.82. The molecule has 1 aliphatic rings. The van der Waals surface area contributed by atoms with Crippen LogP contribution in [0.2, 0.25) is 0 Å². The predicted octanol–water partition coefficient (Wildman–Crippen LogP) is 2.13. The second-order valence-corrected chi connectivity index (χ2v) is 4.35. The Labute approximate surface area is 89.3 Å². The summed E-state index contributed by atoms with van der Waals surface area (Å²) in [4.78, 5) is 21.3. The highest BCUT2D eigenvalue weighted by Gasteiger charge is 2.27. The van der Waals surface area contributed by atoms with Crippen molar-refractivity contribution in [2.24, 2.45) is 11.8 Å². The first-order valence-corrected chi connectivity index (χ1v) is 5.53. The Bertz CT molecular complexity index is 213. The van der Waals surface area contributed by atoms with Gasteiger partial charge in [0.1, 0.15) is 0 Å². The molecule has 1 saturated carbocycles. The summed E-state index contributed by atoms with van der Waals surface area (Å²) in [5.41, 5.74) is 0. The summed E-state index contributed by atoms with van der Waals surface area (Å²) in [6.07, 6.45) is 5.15. The van der Waals surface area contributed by atoms with Crippen molar-refractivity contribution in [3.8, 4) is 0 Å². The van der Waals surface area contributed by atoms with Gasteiger partial charge in [-0.25, -0.2) is 0 Å². The fraction of sp³-hybridized carbons (Fsp3) is 0.818. The number of carboxylic acid groups (broad SMARTS) is 2. The first-order valence-electron chi connectivity index (χ1n) is 5.53. The van der Waals surface area contributed by atoms with Crippen molar-refractivity contribution in [3.05, 3.63) is 0 Å². The zero-order valence-electron chi connectivity index (χ0n) is 8.82. The van der Waals surface area contributed by atoms with Crippen molar-refractivity contribution in [2.45, 2.75) is 44.9 Å². The minimum atomic E-state index is -0.808. The molecule has 0 heterocycles. The average molecular weight is 214 g/mol. The van der Waals surface area contributed by atoms with Crippen molar-refractivity contribution < 1.29 is 19.8 Å². The van der Waals surface area contributed by atoms with Crippen LogP contribution in [0.15, 0.2) is 0 Å². The van der Waals surface area contributed by atoms with Crippen LogP contribution in [0.25, 0.3) is 0 Å². The number of hydrogen-bond acceptors (Lipinski definition) is 2. The smallest absolute Gasteiger partial charge is 0.303 e. The standard InChI is InChI=1S/C11H18O4/c12-10(13)6-8-4-2-1-3-5-9(8)7-11(14)15/h8-9H,1-7H2,(H,12,13)(H,14,15)/t8-,9+. The highest BCUT2D eigenvalue weighted by Crippen LogP contribution is 2.33. The molecule has 0 spiro atoms. The molecule has 15 heavy (non-hydrogen) atoms. The Balaban J connectivity index is 2.58. The molecule has 0 aromatic carbocycles. The number of rotatable bonds is 4. The third-order valence-electron chi connectivity index (χ3n) is 3.19. The molecule has 0 amide bonds. The lowest BCUT2D eigenvalue weighted by Gasteiger charge is -2.21. The number of carbonyl (C=O) groups is 2. The second-order valence-electron chi connectivity index (χ2n) is 4.35. The summed E-state index contributed by atoms with van der Waals surface area (Å²) >= 11 is 0. The molecule has 0 radical (unpaired) electrons. The molecule has 2 N–H and O–H groups in total. The Morgan fingerprint density at radius 2 is 1.27 bits per heavy atom. The van der Waals surface area contributed by atoms with E-state index in [-0.39, 0.29) is 24.7 Å². The van der Waals surface area contributed by atoms with Gasteiger partial charge in [0, 0.05) is 12.8 Å². The lowest BCUT2D eigenvalue weighted by atomic mass is 9.83. The molecule has 0 aromatic heterocycles. The molecular formula is C11H18O4. The lowest BCUT2D eigenvalue weighted by Crippen LogP contribution is -2.20. The summed E-state index contributed by atoms with van der Waals surface area (Å²) in [6.45, 7) is 0. The van der Waals surface area contributed by atoms with Crippen LogP contribution in [0, 0.1) is 11.8 Å². The van der Waals surface area contributed by atoms with E-state index in [9.17, 15) is 9.59 Å². The summed E-state index contributed by atoms with van der Waals surface area (Å²) in [7, 11) is 0. The molecular weight excluding hydrogens is 196 g/mol. The Kier molecular flexibility index (Phi) is 4.59. The molecule has 86 valence electrons. The first kappa shape index (κ1) is 12.0. The van der Waals surface area contributed by atoms with Gasteiger partial charge in [0.05, 0.1) is 0 Å². The monoisotopic (exact) mass is 214 g/mol. The maximum Gasteiger partial charge on any atom is 0.303 e. The van der Waals surface area contributed by atoms with Gasteiger partial charge in [-0.3, -0.25) is 9.59 Å². The van der Waals surface area contributed by atoms with Crippen LogP contribution in [0.4, 0.5) is 0 Å². The third kappa shape index (κ3) is 4.32. The van der Waals surface area contributed by atoms with Crippen molar-refractivity contribution in [1.82, 2.24) is 0 Å². The van der Waals surface area contributed by atoms with Gasteiger partial charge >= 0.3 is 11.9 Å². The summed E-state index contributed by atoms with van der Waals surface area (Å²) in [5.74, 6) is -1.50. The van der Waals surface area contributed by atoms with Gasteiger partial charge in [0.15, 0.2) is 0 Å². The topological polar surface area (TPSA) is 74.6 Å². The Hall–Kier alpha value is -1.06. The van der Waals surface area contributed by atoms with E-state index in [1.165, 1.54) is 0 Å². The minimum absolute atomic E-state index is 0.0566. The van der Waals surface area contributed by atoms with Gasteiger partial charge in [-0.2, -0.15) is 0 Å². The van der Waals surface area contributed by atoms with Crippen LogP contribution in [0.3, 0.4) is 0 Å². The van der Waals surface area contributed by atoms with E-state index in [2.05, 4.69) is 0 Å². The largest absolute Gasteiger partial charge is 0.481 e. The summed E-state index contributed by atoms with van der Waals surface area (Å²) < 4.78 is 0. The quantitative estimate of drug-likeness (QED) is 0.703. The number of carboxylic acids is 2. The maximum absolute atomic E-state index is 10.7. The van der Waals surface area contributed by atoms with Crippen LogP contribution in [-0.4, -0.2) is 22.2 Å². The highest BCUT2D eigenvalue weighted by molar-refractivity contribution is 5.68.